The monoisotopic (exact) mass is 519 g/mol. The minimum Gasteiger partial charge on any atom is -0.322 e. The second kappa shape index (κ2) is 9.79. The lowest BCUT2D eigenvalue weighted by atomic mass is 9.99. The molecule has 0 spiro atoms. The summed E-state index contributed by atoms with van der Waals surface area (Å²) in [6, 6.07) is 21.3. The Morgan fingerprint density at radius 2 is 1.44 bits per heavy atom. The molecule has 1 heterocycles. The van der Waals surface area contributed by atoms with E-state index >= 15 is 0 Å². The summed E-state index contributed by atoms with van der Waals surface area (Å²) in [6.45, 7) is 3.87. The smallest absolute Gasteiger partial charge is 0.270 e. The number of ketones is 1. The number of hydrogen-bond acceptors (Lipinski definition) is 6. The molecule has 0 fully saturated rings. The number of aryl methyl sites for hydroxylation is 2. The number of imide groups is 1. The van der Waals surface area contributed by atoms with E-state index in [9.17, 15) is 29.3 Å². The maximum atomic E-state index is 13.3. The second-order valence-electron chi connectivity index (χ2n) is 9.15. The summed E-state index contributed by atoms with van der Waals surface area (Å²) >= 11 is 0. The van der Waals surface area contributed by atoms with Gasteiger partial charge in [-0.2, -0.15) is 0 Å². The lowest BCUT2D eigenvalue weighted by molar-refractivity contribution is -0.384. The van der Waals surface area contributed by atoms with Gasteiger partial charge in [-0.1, -0.05) is 30.3 Å². The zero-order valence-electron chi connectivity index (χ0n) is 20.9. The summed E-state index contributed by atoms with van der Waals surface area (Å²) in [5.74, 6) is -1.99. The Hall–Kier alpha value is -5.44. The number of benzene rings is 4. The number of nitrogens with zero attached hydrogens (tertiary/aromatic N) is 2. The fourth-order valence-electron chi connectivity index (χ4n) is 4.35. The van der Waals surface area contributed by atoms with Crippen LogP contribution in [0.5, 0.6) is 0 Å². The number of carbonyl (C=O) groups is 4. The van der Waals surface area contributed by atoms with E-state index in [1.54, 1.807) is 30.3 Å². The second-order valence-corrected chi connectivity index (χ2v) is 9.15. The molecule has 0 unspecified atom stereocenters. The summed E-state index contributed by atoms with van der Waals surface area (Å²) in [7, 11) is 0. The van der Waals surface area contributed by atoms with Crippen molar-refractivity contribution in [2.45, 2.75) is 13.8 Å². The molecule has 0 saturated carbocycles. The molecular formula is C30H21N3O6. The van der Waals surface area contributed by atoms with Crippen LogP contribution >= 0.6 is 0 Å². The van der Waals surface area contributed by atoms with E-state index in [0.717, 1.165) is 22.1 Å². The van der Waals surface area contributed by atoms with Gasteiger partial charge in [-0.3, -0.25) is 29.3 Å². The van der Waals surface area contributed by atoms with E-state index in [0.29, 0.717) is 11.1 Å². The van der Waals surface area contributed by atoms with Gasteiger partial charge in [0.25, 0.3) is 23.4 Å². The third-order valence-corrected chi connectivity index (χ3v) is 6.60. The molecule has 0 radical (unpaired) electrons. The first-order valence-electron chi connectivity index (χ1n) is 11.9. The zero-order chi connectivity index (χ0) is 27.8. The summed E-state index contributed by atoms with van der Waals surface area (Å²) in [5.41, 5.74) is 3.44. The first-order chi connectivity index (χ1) is 18.6. The number of nitro groups is 1. The first-order valence-corrected chi connectivity index (χ1v) is 11.9. The lowest BCUT2D eigenvalue weighted by Gasteiger charge is -2.15. The molecule has 0 saturated heterocycles. The van der Waals surface area contributed by atoms with Crippen LogP contribution in [0.1, 0.15) is 58.1 Å². The summed E-state index contributed by atoms with van der Waals surface area (Å²) in [6.07, 6.45) is 0. The number of nitrogens with one attached hydrogen (secondary N) is 1. The van der Waals surface area contributed by atoms with Gasteiger partial charge in [0.2, 0.25) is 0 Å². The van der Waals surface area contributed by atoms with Gasteiger partial charge in [-0.15, -0.1) is 0 Å². The molecule has 0 atom stereocenters. The largest absolute Gasteiger partial charge is 0.322 e. The van der Waals surface area contributed by atoms with Crippen molar-refractivity contribution in [3.63, 3.8) is 0 Å². The fraction of sp³-hybridized carbons (Fsp3) is 0.0667. The summed E-state index contributed by atoms with van der Waals surface area (Å²) in [5, 5.41) is 13.6. The Morgan fingerprint density at radius 3 is 2.18 bits per heavy atom. The number of fused-ring (bicyclic) bond motifs is 1. The Labute approximate surface area is 222 Å². The minimum atomic E-state index is -0.607. The lowest BCUT2D eigenvalue weighted by Crippen LogP contribution is -2.29. The van der Waals surface area contributed by atoms with Gasteiger partial charge in [0.1, 0.15) is 0 Å². The van der Waals surface area contributed by atoms with Gasteiger partial charge in [-0.05, 0) is 67.4 Å². The van der Waals surface area contributed by atoms with Crippen molar-refractivity contribution in [2.75, 3.05) is 10.2 Å². The van der Waals surface area contributed by atoms with E-state index in [1.165, 1.54) is 42.5 Å². The molecule has 0 bridgehead atoms. The van der Waals surface area contributed by atoms with Crippen molar-refractivity contribution >= 4 is 40.6 Å². The van der Waals surface area contributed by atoms with E-state index in [1.807, 2.05) is 19.9 Å². The number of amides is 3. The molecule has 9 nitrogen and oxygen atoms in total. The Balaban J connectivity index is 1.40. The van der Waals surface area contributed by atoms with E-state index in [-0.39, 0.29) is 39.5 Å². The van der Waals surface area contributed by atoms with Gasteiger partial charge in [0.15, 0.2) is 5.78 Å². The summed E-state index contributed by atoms with van der Waals surface area (Å²) in [4.78, 5) is 63.6. The maximum absolute atomic E-state index is 13.3. The quantitative estimate of drug-likeness (QED) is 0.155. The van der Waals surface area contributed by atoms with Crippen LogP contribution in [-0.4, -0.2) is 28.4 Å². The minimum absolute atomic E-state index is 0.0685. The molecule has 4 aromatic rings. The molecule has 4 aromatic carbocycles. The van der Waals surface area contributed by atoms with Crippen LogP contribution in [-0.2, 0) is 0 Å². The first kappa shape index (κ1) is 25.2. The van der Waals surface area contributed by atoms with Crippen LogP contribution in [0.3, 0.4) is 0 Å². The van der Waals surface area contributed by atoms with Gasteiger partial charge in [0, 0.05) is 34.5 Å². The molecule has 5 rings (SSSR count). The molecular weight excluding hydrogens is 498 g/mol. The van der Waals surface area contributed by atoms with Crippen molar-refractivity contribution in [3.05, 3.63) is 134 Å². The van der Waals surface area contributed by atoms with Crippen LogP contribution < -0.4 is 10.2 Å². The SMILES string of the molecule is Cc1ccc(C(=O)c2cccc(N3C(=O)c4ccc(NC(=O)c5cccc([N+](=O)[O-])c5)cc4C3=O)c2)cc1C. The third kappa shape index (κ3) is 4.69. The van der Waals surface area contributed by atoms with Crippen molar-refractivity contribution in [1.29, 1.82) is 0 Å². The average molecular weight is 520 g/mol. The molecule has 3 amide bonds. The Kier molecular flexibility index (Phi) is 6.33. The number of nitro benzene ring substituents is 1. The van der Waals surface area contributed by atoms with E-state index in [2.05, 4.69) is 5.32 Å². The van der Waals surface area contributed by atoms with Crippen molar-refractivity contribution < 1.29 is 24.1 Å². The number of rotatable bonds is 6. The number of non-ortho nitro benzene ring substituents is 1. The number of anilines is 2. The predicted octanol–water partition coefficient (Wildman–Crippen LogP) is 5.50. The molecule has 192 valence electrons. The standard InChI is InChI=1S/C30H21N3O6/c1-17-9-10-20(13-18(17)2)27(34)19-5-3-7-23(14-19)32-29(36)25-12-11-22(16-26(25)30(32)37)31-28(35)21-6-4-8-24(15-21)33(38)39/h3-16H,1-2H3,(H,31,35). The maximum Gasteiger partial charge on any atom is 0.270 e. The molecule has 1 N–H and O–H groups in total. The molecule has 0 aliphatic carbocycles. The highest BCUT2D eigenvalue weighted by Crippen LogP contribution is 2.31. The van der Waals surface area contributed by atoms with Crippen molar-refractivity contribution in [1.82, 2.24) is 0 Å². The topological polar surface area (TPSA) is 127 Å². The van der Waals surface area contributed by atoms with E-state index < -0.39 is 22.6 Å². The van der Waals surface area contributed by atoms with Crippen LogP contribution in [0, 0.1) is 24.0 Å². The van der Waals surface area contributed by atoms with Crippen molar-refractivity contribution in [2.24, 2.45) is 0 Å². The molecule has 39 heavy (non-hydrogen) atoms. The van der Waals surface area contributed by atoms with Crippen LogP contribution in [0.2, 0.25) is 0 Å². The highest BCUT2D eigenvalue weighted by molar-refractivity contribution is 6.35. The Bertz CT molecular complexity index is 1730. The highest BCUT2D eigenvalue weighted by atomic mass is 16.6. The van der Waals surface area contributed by atoms with Crippen LogP contribution in [0.15, 0.2) is 84.9 Å². The van der Waals surface area contributed by atoms with Gasteiger partial charge < -0.3 is 5.32 Å². The normalized spacial score (nSPS) is 12.3. The van der Waals surface area contributed by atoms with Crippen molar-refractivity contribution in [3.8, 4) is 0 Å². The highest BCUT2D eigenvalue weighted by Gasteiger charge is 2.37. The van der Waals surface area contributed by atoms with Crippen LogP contribution in [0.25, 0.3) is 0 Å². The zero-order valence-corrected chi connectivity index (χ0v) is 20.9. The Morgan fingerprint density at radius 1 is 0.744 bits per heavy atom. The molecule has 1 aliphatic heterocycles. The van der Waals surface area contributed by atoms with Gasteiger partial charge in [0.05, 0.1) is 21.7 Å². The molecule has 1 aliphatic rings. The van der Waals surface area contributed by atoms with Gasteiger partial charge >= 0.3 is 0 Å². The number of carbonyl (C=O) groups excluding carboxylic acids is 4. The number of hydrogen-bond donors (Lipinski definition) is 1. The predicted molar refractivity (Wildman–Crippen MR) is 144 cm³/mol. The fourth-order valence-corrected chi connectivity index (χ4v) is 4.35. The third-order valence-electron chi connectivity index (χ3n) is 6.60. The van der Waals surface area contributed by atoms with E-state index in [4.69, 9.17) is 0 Å². The molecule has 0 aromatic heterocycles. The van der Waals surface area contributed by atoms with Gasteiger partial charge in [-0.25, -0.2) is 4.90 Å². The summed E-state index contributed by atoms with van der Waals surface area (Å²) < 4.78 is 0. The average Bonchev–Trinajstić information content (AvgIpc) is 3.18. The van der Waals surface area contributed by atoms with Crippen LogP contribution in [0.4, 0.5) is 17.1 Å². The molecule has 9 heteroatoms.